The van der Waals surface area contributed by atoms with Gasteiger partial charge in [0, 0.05) is 44.6 Å². The van der Waals surface area contributed by atoms with E-state index >= 15 is 0 Å². The van der Waals surface area contributed by atoms with Gasteiger partial charge in [-0.25, -0.2) is 8.42 Å². The van der Waals surface area contributed by atoms with E-state index in [1.54, 1.807) is 0 Å². The maximum atomic E-state index is 12.2. The Hall–Kier alpha value is -3.14. The van der Waals surface area contributed by atoms with E-state index in [-0.39, 0.29) is 10.6 Å². The molecule has 2 aromatic carbocycles. The highest BCUT2D eigenvalue weighted by Crippen LogP contribution is 2.31. The predicted octanol–water partition coefficient (Wildman–Crippen LogP) is 2.47. The number of sulfone groups is 1. The third-order valence-electron chi connectivity index (χ3n) is 4.73. The van der Waals surface area contributed by atoms with Crippen LogP contribution in [0.3, 0.4) is 0 Å². The second-order valence-corrected chi connectivity index (χ2v) is 8.60. The Labute approximate surface area is 161 Å². The van der Waals surface area contributed by atoms with Crippen molar-refractivity contribution in [2.24, 2.45) is 0 Å². The van der Waals surface area contributed by atoms with Crippen LogP contribution in [0.25, 0.3) is 11.1 Å². The second-order valence-electron chi connectivity index (χ2n) is 6.62. The van der Waals surface area contributed by atoms with Crippen molar-refractivity contribution in [3.05, 3.63) is 52.6 Å². The van der Waals surface area contributed by atoms with Gasteiger partial charge in [-0.2, -0.15) is 4.98 Å². The molecule has 1 aliphatic heterocycles. The van der Waals surface area contributed by atoms with Crippen LogP contribution in [0, 0.1) is 10.1 Å². The third-order valence-corrected chi connectivity index (χ3v) is 5.85. The molecule has 1 aromatic heterocycles. The highest BCUT2D eigenvalue weighted by molar-refractivity contribution is 7.90. The van der Waals surface area contributed by atoms with Gasteiger partial charge in [0.15, 0.2) is 15.4 Å². The van der Waals surface area contributed by atoms with E-state index in [9.17, 15) is 18.5 Å². The summed E-state index contributed by atoms with van der Waals surface area (Å²) in [6.07, 6.45) is 1.06. The van der Waals surface area contributed by atoms with Gasteiger partial charge < -0.3 is 14.2 Å². The zero-order valence-corrected chi connectivity index (χ0v) is 15.9. The normalized spacial score (nSPS) is 15.2. The van der Waals surface area contributed by atoms with E-state index in [1.807, 2.05) is 34.1 Å². The highest BCUT2D eigenvalue weighted by Gasteiger charge is 2.26. The summed E-state index contributed by atoms with van der Waals surface area (Å²) in [4.78, 5) is 18.8. The fourth-order valence-electron chi connectivity index (χ4n) is 3.31. The minimum absolute atomic E-state index is 0.0305. The summed E-state index contributed by atoms with van der Waals surface area (Å²) in [7, 11) is -3.61. The molecule has 9 nitrogen and oxygen atoms in total. The van der Waals surface area contributed by atoms with Crippen LogP contribution in [0.2, 0.25) is 0 Å². The van der Waals surface area contributed by atoms with Crippen molar-refractivity contribution in [1.29, 1.82) is 0 Å². The van der Waals surface area contributed by atoms with Crippen molar-refractivity contribution in [3.8, 4) is 0 Å². The summed E-state index contributed by atoms with van der Waals surface area (Å²) in [5.41, 5.74) is 1.74. The first-order valence-corrected chi connectivity index (χ1v) is 10.6. The molecule has 2 heterocycles. The SMILES string of the molecule is CS(=O)(=O)c1cc([N+](=O)[O-])ccc1N1CCN(c2nc3ccccc3o2)CC1. The monoisotopic (exact) mass is 402 g/mol. The molecule has 0 bridgehead atoms. The van der Waals surface area contributed by atoms with Crippen molar-refractivity contribution in [3.63, 3.8) is 0 Å². The average Bonchev–Trinajstić information content (AvgIpc) is 3.11. The molecule has 0 radical (unpaired) electrons. The van der Waals surface area contributed by atoms with Crippen LogP contribution in [0.4, 0.5) is 17.4 Å². The number of rotatable bonds is 4. The topological polar surface area (TPSA) is 110 Å². The lowest BCUT2D eigenvalue weighted by Gasteiger charge is -2.35. The Bertz CT molecular complexity index is 1120. The minimum atomic E-state index is -3.61. The zero-order chi connectivity index (χ0) is 19.9. The van der Waals surface area contributed by atoms with Gasteiger partial charge in [-0.1, -0.05) is 12.1 Å². The van der Waals surface area contributed by atoms with Crippen LogP contribution < -0.4 is 9.80 Å². The zero-order valence-electron chi connectivity index (χ0n) is 15.1. The molecule has 10 heteroatoms. The number of nitrogens with zero attached hydrogens (tertiary/aromatic N) is 4. The van der Waals surface area contributed by atoms with Gasteiger partial charge in [0.1, 0.15) is 5.52 Å². The van der Waals surface area contributed by atoms with Crippen molar-refractivity contribution < 1.29 is 17.8 Å². The lowest BCUT2D eigenvalue weighted by molar-refractivity contribution is -0.385. The molecule has 1 saturated heterocycles. The van der Waals surface area contributed by atoms with E-state index in [0.717, 1.165) is 23.4 Å². The minimum Gasteiger partial charge on any atom is -0.423 e. The van der Waals surface area contributed by atoms with Gasteiger partial charge in [-0.05, 0) is 18.2 Å². The van der Waals surface area contributed by atoms with Crippen LogP contribution in [0.15, 0.2) is 51.8 Å². The van der Waals surface area contributed by atoms with Crippen molar-refractivity contribution in [2.75, 3.05) is 42.2 Å². The van der Waals surface area contributed by atoms with E-state index in [2.05, 4.69) is 4.98 Å². The van der Waals surface area contributed by atoms with E-state index in [4.69, 9.17) is 4.42 Å². The molecule has 0 unspecified atom stereocenters. The molecule has 0 aliphatic carbocycles. The van der Waals surface area contributed by atoms with E-state index in [1.165, 1.54) is 12.1 Å². The fourth-order valence-corrected chi connectivity index (χ4v) is 4.22. The van der Waals surface area contributed by atoms with Gasteiger partial charge in [-0.15, -0.1) is 0 Å². The smallest absolute Gasteiger partial charge is 0.298 e. The number of oxazole rings is 1. The highest BCUT2D eigenvalue weighted by atomic mass is 32.2. The second kappa shape index (κ2) is 6.79. The average molecular weight is 402 g/mol. The summed E-state index contributed by atoms with van der Waals surface area (Å²) in [5.74, 6) is 0. The van der Waals surface area contributed by atoms with E-state index < -0.39 is 14.8 Å². The number of aromatic nitrogens is 1. The standard InChI is InChI=1S/C18H18N4O5S/c1-28(25,26)17-12-13(22(23)24)6-7-15(17)20-8-10-21(11-9-20)18-19-14-4-2-3-5-16(14)27-18/h2-7,12H,8-11H2,1H3. The van der Waals surface area contributed by atoms with Crippen LogP contribution in [-0.4, -0.2) is 50.8 Å². The molecule has 1 aliphatic rings. The summed E-state index contributed by atoms with van der Waals surface area (Å²) in [5, 5.41) is 11.0. The van der Waals surface area contributed by atoms with Crippen LogP contribution >= 0.6 is 0 Å². The lowest BCUT2D eigenvalue weighted by atomic mass is 10.2. The molecule has 146 valence electrons. The first-order valence-electron chi connectivity index (χ1n) is 8.67. The quantitative estimate of drug-likeness (QED) is 0.483. The summed E-state index contributed by atoms with van der Waals surface area (Å²) < 4.78 is 30.1. The largest absolute Gasteiger partial charge is 0.423 e. The molecule has 4 rings (SSSR count). The molecule has 0 N–H and O–H groups in total. The number of nitro groups is 1. The van der Waals surface area contributed by atoms with Gasteiger partial charge >= 0.3 is 0 Å². The number of non-ortho nitro benzene ring substituents is 1. The number of hydrogen-bond donors (Lipinski definition) is 0. The molecule has 28 heavy (non-hydrogen) atoms. The van der Waals surface area contributed by atoms with Gasteiger partial charge in [0.25, 0.3) is 11.7 Å². The Kier molecular flexibility index (Phi) is 4.42. The Morgan fingerprint density at radius 3 is 2.39 bits per heavy atom. The number of benzene rings is 2. The predicted molar refractivity (Wildman–Crippen MR) is 105 cm³/mol. The van der Waals surface area contributed by atoms with E-state index in [0.29, 0.717) is 37.9 Å². The first-order chi connectivity index (χ1) is 13.3. The number of para-hydroxylation sites is 2. The van der Waals surface area contributed by atoms with Crippen LogP contribution in [0.5, 0.6) is 0 Å². The Morgan fingerprint density at radius 2 is 1.75 bits per heavy atom. The molecular formula is C18H18N4O5S. The fraction of sp³-hybridized carbons (Fsp3) is 0.278. The summed E-state index contributed by atoms with van der Waals surface area (Å²) in [6.45, 7) is 2.26. The summed E-state index contributed by atoms with van der Waals surface area (Å²) in [6, 6.07) is 12.0. The number of piperazine rings is 1. The van der Waals surface area contributed by atoms with Crippen LogP contribution in [0.1, 0.15) is 0 Å². The van der Waals surface area contributed by atoms with Crippen LogP contribution in [-0.2, 0) is 9.84 Å². The van der Waals surface area contributed by atoms with Crippen molar-refractivity contribution in [1.82, 2.24) is 4.98 Å². The maximum Gasteiger partial charge on any atom is 0.298 e. The molecule has 0 saturated carbocycles. The van der Waals surface area contributed by atoms with Crippen molar-refractivity contribution in [2.45, 2.75) is 4.90 Å². The first kappa shape index (κ1) is 18.2. The molecule has 1 fully saturated rings. The molecule has 3 aromatic rings. The molecule has 0 amide bonds. The lowest BCUT2D eigenvalue weighted by Crippen LogP contribution is -2.47. The summed E-state index contributed by atoms with van der Waals surface area (Å²) >= 11 is 0. The Balaban J connectivity index is 1.57. The number of anilines is 2. The van der Waals surface area contributed by atoms with Gasteiger partial charge in [0.05, 0.1) is 15.5 Å². The molecule has 0 atom stereocenters. The molecule has 0 spiro atoms. The number of hydrogen-bond acceptors (Lipinski definition) is 8. The number of nitro benzene ring substituents is 1. The van der Waals surface area contributed by atoms with Crippen molar-refractivity contribution >= 4 is 38.3 Å². The third kappa shape index (κ3) is 3.38. The molecular weight excluding hydrogens is 384 g/mol. The number of fused-ring (bicyclic) bond motifs is 1. The maximum absolute atomic E-state index is 12.2. The van der Waals surface area contributed by atoms with Gasteiger partial charge in [-0.3, -0.25) is 10.1 Å². The Morgan fingerprint density at radius 1 is 1.07 bits per heavy atom. The van der Waals surface area contributed by atoms with Gasteiger partial charge in [0.2, 0.25) is 0 Å².